The molecule has 25 heavy (non-hydrogen) atoms. The lowest BCUT2D eigenvalue weighted by Gasteiger charge is -2.15. The fraction of sp³-hybridized carbons (Fsp3) is 0.267. The maximum Gasteiger partial charge on any atom is 0.436 e. The van der Waals surface area contributed by atoms with Crippen LogP contribution in [0.15, 0.2) is 24.3 Å². The van der Waals surface area contributed by atoms with Crippen LogP contribution >= 0.6 is 11.6 Å². The average molecular weight is 376 g/mol. The van der Waals surface area contributed by atoms with Crippen molar-refractivity contribution in [3.8, 4) is 0 Å². The van der Waals surface area contributed by atoms with E-state index in [-0.39, 0.29) is 5.56 Å². The van der Waals surface area contributed by atoms with Gasteiger partial charge in [0.05, 0.1) is 11.6 Å². The molecule has 0 aliphatic carbocycles. The van der Waals surface area contributed by atoms with E-state index in [1.807, 2.05) is 0 Å². The lowest BCUT2D eigenvalue weighted by atomic mass is 10.1. The quantitative estimate of drug-likeness (QED) is 0.859. The Morgan fingerprint density at radius 1 is 1.28 bits per heavy atom. The zero-order valence-corrected chi connectivity index (χ0v) is 13.8. The molecule has 1 aromatic carbocycles. The van der Waals surface area contributed by atoms with Crippen LogP contribution in [0.1, 0.15) is 44.9 Å². The van der Waals surface area contributed by atoms with Crippen molar-refractivity contribution >= 4 is 23.5 Å². The van der Waals surface area contributed by atoms with Gasteiger partial charge >= 0.3 is 12.1 Å². The van der Waals surface area contributed by atoms with Gasteiger partial charge in [0, 0.05) is 7.05 Å². The zero-order chi connectivity index (χ0) is 18.9. The first-order chi connectivity index (χ1) is 11.5. The summed E-state index contributed by atoms with van der Waals surface area (Å²) in [5, 5.41) is 14.1. The molecule has 134 valence electrons. The molecule has 10 heteroatoms. The number of nitrogens with one attached hydrogen (secondary N) is 1. The molecule has 0 aliphatic heterocycles. The van der Waals surface area contributed by atoms with Crippen molar-refractivity contribution in [2.45, 2.75) is 19.1 Å². The van der Waals surface area contributed by atoms with E-state index in [1.54, 1.807) is 6.92 Å². The molecule has 0 saturated heterocycles. The van der Waals surface area contributed by atoms with Gasteiger partial charge in [0.1, 0.15) is 10.7 Å². The van der Waals surface area contributed by atoms with Crippen LogP contribution in [0.3, 0.4) is 0 Å². The molecule has 2 aromatic rings. The molecule has 0 unspecified atom stereocenters. The third-order valence-corrected chi connectivity index (χ3v) is 3.91. The number of amides is 1. The van der Waals surface area contributed by atoms with Crippen LogP contribution in [0.2, 0.25) is 5.15 Å². The molecule has 1 amide bonds. The first kappa shape index (κ1) is 18.8. The van der Waals surface area contributed by atoms with Gasteiger partial charge in [0.15, 0.2) is 5.69 Å². The normalized spacial score (nSPS) is 12.7. The van der Waals surface area contributed by atoms with Gasteiger partial charge in [-0.3, -0.25) is 9.48 Å². The molecule has 0 bridgehead atoms. The Morgan fingerprint density at radius 3 is 2.32 bits per heavy atom. The lowest BCUT2D eigenvalue weighted by molar-refractivity contribution is -0.141. The van der Waals surface area contributed by atoms with Crippen LogP contribution in [-0.2, 0) is 13.2 Å². The topological polar surface area (TPSA) is 84.2 Å². The molecule has 1 heterocycles. The predicted octanol–water partition coefficient (Wildman–Crippen LogP) is 3.28. The Kier molecular flexibility index (Phi) is 5.07. The van der Waals surface area contributed by atoms with Crippen molar-refractivity contribution in [2.75, 3.05) is 0 Å². The number of alkyl halides is 3. The standard InChI is InChI=1S/C15H13ClF3N3O3/c1-7(8-3-5-9(6-4-8)14(24)25)20-13(23)10-11(15(17,18)19)21-22(2)12(10)16/h3-7H,1-2H3,(H,20,23)(H,24,25)/t7-/m0/s1. The summed E-state index contributed by atoms with van der Waals surface area (Å²) in [7, 11) is 1.20. The van der Waals surface area contributed by atoms with Crippen molar-refractivity contribution in [1.29, 1.82) is 0 Å². The first-order valence-electron chi connectivity index (χ1n) is 6.96. The summed E-state index contributed by atoms with van der Waals surface area (Å²) in [6, 6.07) is 4.91. The van der Waals surface area contributed by atoms with Gasteiger partial charge in [-0.1, -0.05) is 23.7 Å². The summed E-state index contributed by atoms with van der Waals surface area (Å²) in [5.41, 5.74) is -1.56. The van der Waals surface area contributed by atoms with Crippen LogP contribution in [0.4, 0.5) is 13.2 Å². The molecule has 0 fully saturated rings. The van der Waals surface area contributed by atoms with Crippen molar-refractivity contribution in [2.24, 2.45) is 7.05 Å². The highest BCUT2D eigenvalue weighted by Crippen LogP contribution is 2.34. The summed E-state index contributed by atoms with van der Waals surface area (Å²) < 4.78 is 39.8. The van der Waals surface area contributed by atoms with Crippen LogP contribution in [0.25, 0.3) is 0 Å². The van der Waals surface area contributed by atoms with Gasteiger partial charge in [0.2, 0.25) is 0 Å². The number of carbonyl (C=O) groups is 2. The fourth-order valence-electron chi connectivity index (χ4n) is 2.17. The second-order valence-corrected chi connectivity index (χ2v) is 5.62. The highest BCUT2D eigenvalue weighted by atomic mass is 35.5. The Morgan fingerprint density at radius 2 is 1.84 bits per heavy atom. The van der Waals surface area contributed by atoms with Crippen LogP contribution in [0, 0.1) is 0 Å². The second kappa shape index (κ2) is 6.75. The third-order valence-electron chi connectivity index (χ3n) is 3.48. The first-order valence-corrected chi connectivity index (χ1v) is 7.34. The Bertz CT molecular complexity index is 816. The number of halogens is 4. The molecular formula is C15H13ClF3N3O3. The van der Waals surface area contributed by atoms with Crippen molar-refractivity contribution < 1.29 is 27.9 Å². The molecule has 1 atom stereocenters. The van der Waals surface area contributed by atoms with E-state index in [2.05, 4.69) is 10.4 Å². The smallest absolute Gasteiger partial charge is 0.436 e. The van der Waals surface area contributed by atoms with Gasteiger partial charge < -0.3 is 10.4 Å². The van der Waals surface area contributed by atoms with Gasteiger partial charge in [-0.05, 0) is 24.6 Å². The van der Waals surface area contributed by atoms with Crippen molar-refractivity contribution in [3.05, 3.63) is 51.8 Å². The van der Waals surface area contributed by atoms with E-state index in [1.165, 1.54) is 31.3 Å². The molecule has 2 rings (SSSR count). The van der Waals surface area contributed by atoms with E-state index in [9.17, 15) is 22.8 Å². The highest BCUT2D eigenvalue weighted by molar-refractivity contribution is 6.33. The Balaban J connectivity index is 2.26. The maximum absolute atomic E-state index is 13.0. The number of aromatic carboxylic acids is 1. The van der Waals surface area contributed by atoms with Crippen LogP contribution < -0.4 is 5.32 Å². The van der Waals surface area contributed by atoms with Crippen molar-refractivity contribution in [3.63, 3.8) is 0 Å². The van der Waals surface area contributed by atoms with Crippen LogP contribution in [0.5, 0.6) is 0 Å². The summed E-state index contributed by atoms with van der Waals surface area (Å²) in [6.07, 6.45) is -4.83. The van der Waals surface area contributed by atoms with Crippen LogP contribution in [-0.4, -0.2) is 26.8 Å². The largest absolute Gasteiger partial charge is 0.478 e. The summed E-state index contributed by atoms with van der Waals surface area (Å²) in [5.74, 6) is -2.14. The van der Waals surface area contributed by atoms with Crippen molar-refractivity contribution in [1.82, 2.24) is 15.1 Å². The minimum absolute atomic E-state index is 0.0527. The molecular weight excluding hydrogens is 363 g/mol. The number of aromatic nitrogens is 2. The minimum atomic E-state index is -4.83. The van der Waals surface area contributed by atoms with E-state index in [0.717, 1.165) is 4.68 Å². The molecule has 0 spiro atoms. The van der Waals surface area contributed by atoms with E-state index >= 15 is 0 Å². The molecule has 2 N–H and O–H groups in total. The van der Waals surface area contributed by atoms with E-state index in [4.69, 9.17) is 16.7 Å². The summed E-state index contributed by atoms with van der Waals surface area (Å²) in [6.45, 7) is 1.55. The van der Waals surface area contributed by atoms with Gasteiger partial charge in [-0.15, -0.1) is 0 Å². The number of hydrogen-bond acceptors (Lipinski definition) is 3. The summed E-state index contributed by atoms with van der Waals surface area (Å²) >= 11 is 5.77. The third kappa shape index (κ3) is 3.93. The molecule has 0 saturated carbocycles. The number of nitrogens with zero attached hydrogens (tertiary/aromatic N) is 2. The van der Waals surface area contributed by atoms with E-state index in [0.29, 0.717) is 5.56 Å². The van der Waals surface area contributed by atoms with Gasteiger partial charge in [0.25, 0.3) is 5.91 Å². The number of benzene rings is 1. The Labute approximate surface area is 145 Å². The van der Waals surface area contributed by atoms with E-state index < -0.39 is 40.5 Å². The number of carbonyl (C=O) groups excluding carboxylic acids is 1. The molecule has 0 radical (unpaired) electrons. The predicted molar refractivity (Wildman–Crippen MR) is 82.5 cm³/mol. The van der Waals surface area contributed by atoms with Gasteiger partial charge in [-0.2, -0.15) is 18.3 Å². The number of carboxylic acid groups (broad SMARTS) is 1. The number of rotatable bonds is 4. The monoisotopic (exact) mass is 375 g/mol. The number of hydrogen-bond donors (Lipinski definition) is 2. The fourth-order valence-corrected chi connectivity index (χ4v) is 2.38. The summed E-state index contributed by atoms with van der Waals surface area (Å²) in [4.78, 5) is 23.1. The molecule has 0 aliphatic rings. The average Bonchev–Trinajstić information content (AvgIpc) is 2.83. The van der Waals surface area contributed by atoms with Gasteiger partial charge in [-0.25, -0.2) is 4.79 Å². The minimum Gasteiger partial charge on any atom is -0.478 e. The number of carboxylic acids is 1. The maximum atomic E-state index is 13.0. The lowest BCUT2D eigenvalue weighted by Crippen LogP contribution is -2.28. The molecule has 6 nitrogen and oxygen atoms in total. The molecule has 1 aromatic heterocycles. The number of aryl methyl sites for hydroxylation is 1. The SMILES string of the molecule is C[C@H](NC(=O)c1c(C(F)(F)F)nn(C)c1Cl)c1ccc(C(=O)O)cc1. The second-order valence-electron chi connectivity index (χ2n) is 5.26. The zero-order valence-electron chi connectivity index (χ0n) is 13.1. The Hall–Kier alpha value is -2.55. The highest BCUT2D eigenvalue weighted by Gasteiger charge is 2.41.